The van der Waals surface area contributed by atoms with E-state index in [4.69, 9.17) is 22.1 Å². The van der Waals surface area contributed by atoms with E-state index < -0.39 is 0 Å². The predicted molar refractivity (Wildman–Crippen MR) is 155 cm³/mol. The Balaban J connectivity index is 1.45. The van der Waals surface area contributed by atoms with Gasteiger partial charge in [-0.1, -0.05) is 85.2 Å². The standard InChI is InChI=1S/C30H25N3O2S2/c1-2-19-35-26-15-13-23(14-16-26)28-24(21-33(31-28)25-11-7-4-8-12-25)20-27-29(34)32(30(36)37-27)18-17-22-9-5-3-6-10-22/h2-16,20-21H,1,17-19H2/b27-20-. The third-order valence-corrected chi connectivity index (χ3v) is 7.26. The van der Waals surface area contributed by atoms with Crippen molar-refractivity contribution < 1.29 is 9.53 Å². The van der Waals surface area contributed by atoms with Gasteiger partial charge in [0.05, 0.1) is 16.3 Å². The van der Waals surface area contributed by atoms with E-state index in [-0.39, 0.29) is 5.91 Å². The summed E-state index contributed by atoms with van der Waals surface area (Å²) in [4.78, 5) is 15.6. The van der Waals surface area contributed by atoms with Gasteiger partial charge in [-0.05, 0) is 54.5 Å². The summed E-state index contributed by atoms with van der Waals surface area (Å²) in [5.74, 6) is 0.685. The van der Waals surface area contributed by atoms with Crippen LogP contribution in [0.25, 0.3) is 23.0 Å². The van der Waals surface area contributed by atoms with E-state index >= 15 is 0 Å². The molecule has 0 radical (unpaired) electrons. The third-order valence-electron chi connectivity index (χ3n) is 5.89. The fourth-order valence-corrected chi connectivity index (χ4v) is 5.31. The number of thiocarbonyl (C=S) groups is 1. The Morgan fingerprint density at radius 3 is 2.38 bits per heavy atom. The molecule has 7 heteroatoms. The van der Waals surface area contributed by atoms with Gasteiger partial charge in [0.15, 0.2) is 0 Å². The lowest BCUT2D eigenvalue weighted by Gasteiger charge is -2.14. The van der Waals surface area contributed by atoms with Crippen molar-refractivity contribution in [1.82, 2.24) is 14.7 Å². The fourth-order valence-electron chi connectivity index (χ4n) is 4.01. The Hall–Kier alpha value is -3.94. The van der Waals surface area contributed by atoms with Crippen molar-refractivity contribution in [2.75, 3.05) is 13.2 Å². The SMILES string of the molecule is C=CCOc1ccc(-c2nn(-c3ccccc3)cc2/C=C2\SC(=S)N(CCc3ccccc3)C2=O)cc1. The van der Waals surface area contributed by atoms with Crippen LogP contribution in [-0.4, -0.2) is 38.1 Å². The molecule has 4 aromatic rings. The predicted octanol–water partition coefficient (Wildman–Crippen LogP) is 6.55. The monoisotopic (exact) mass is 523 g/mol. The first-order valence-corrected chi connectivity index (χ1v) is 13.1. The molecule has 37 heavy (non-hydrogen) atoms. The molecule has 0 aliphatic carbocycles. The summed E-state index contributed by atoms with van der Waals surface area (Å²) in [6, 6.07) is 27.8. The number of para-hydroxylation sites is 1. The summed E-state index contributed by atoms with van der Waals surface area (Å²) in [6.07, 6.45) is 6.30. The lowest BCUT2D eigenvalue weighted by molar-refractivity contribution is -0.122. The van der Waals surface area contributed by atoms with Crippen LogP contribution in [0.4, 0.5) is 0 Å². The lowest BCUT2D eigenvalue weighted by Crippen LogP contribution is -2.30. The van der Waals surface area contributed by atoms with Crippen molar-refractivity contribution in [3.8, 4) is 22.7 Å². The van der Waals surface area contributed by atoms with Crippen molar-refractivity contribution in [3.63, 3.8) is 0 Å². The van der Waals surface area contributed by atoms with E-state index in [9.17, 15) is 4.79 Å². The highest BCUT2D eigenvalue weighted by molar-refractivity contribution is 8.26. The second kappa shape index (κ2) is 11.4. The molecule has 184 valence electrons. The van der Waals surface area contributed by atoms with Crippen LogP contribution in [-0.2, 0) is 11.2 Å². The Kier molecular flexibility index (Phi) is 7.63. The van der Waals surface area contributed by atoms with Gasteiger partial charge in [0, 0.05) is 23.9 Å². The maximum atomic E-state index is 13.3. The lowest BCUT2D eigenvalue weighted by atomic mass is 10.1. The van der Waals surface area contributed by atoms with Gasteiger partial charge in [-0.15, -0.1) is 0 Å². The van der Waals surface area contributed by atoms with Crippen molar-refractivity contribution in [1.29, 1.82) is 0 Å². The maximum Gasteiger partial charge on any atom is 0.266 e. The van der Waals surface area contributed by atoms with Crippen LogP contribution in [0, 0.1) is 0 Å². The molecule has 1 fully saturated rings. The molecule has 3 aromatic carbocycles. The van der Waals surface area contributed by atoms with Gasteiger partial charge in [-0.3, -0.25) is 9.69 Å². The van der Waals surface area contributed by atoms with E-state index in [1.54, 1.807) is 11.0 Å². The van der Waals surface area contributed by atoms with Gasteiger partial charge in [-0.2, -0.15) is 5.10 Å². The first-order valence-electron chi connectivity index (χ1n) is 11.9. The smallest absolute Gasteiger partial charge is 0.266 e. The average molecular weight is 524 g/mol. The fraction of sp³-hybridized carbons (Fsp3) is 0.100. The van der Waals surface area contributed by atoms with Crippen LogP contribution in [0.1, 0.15) is 11.1 Å². The van der Waals surface area contributed by atoms with Crippen LogP contribution in [0.15, 0.2) is 109 Å². The number of carbonyl (C=O) groups is 1. The highest BCUT2D eigenvalue weighted by Gasteiger charge is 2.32. The highest BCUT2D eigenvalue weighted by atomic mass is 32.2. The van der Waals surface area contributed by atoms with Crippen molar-refractivity contribution in [2.24, 2.45) is 0 Å². The summed E-state index contributed by atoms with van der Waals surface area (Å²) < 4.78 is 8.04. The van der Waals surface area contributed by atoms with Crippen LogP contribution in [0.2, 0.25) is 0 Å². The Morgan fingerprint density at radius 2 is 1.68 bits per heavy atom. The number of thioether (sulfide) groups is 1. The topological polar surface area (TPSA) is 47.4 Å². The van der Waals surface area contributed by atoms with Crippen LogP contribution in [0.5, 0.6) is 5.75 Å². The molecule has 5 nitrogen and oxygen atoms in total. The minimum Gasteiger partial charge on any atom is -0.490 e. The van der Waals surface area contributed by atoms with Crippen molar-refractivity contribution >= 4 is 40.3 Å². The minimum absolute atomic E-state index is 0.0717. The Labute approximate surface area is 226 Å². The van der Waals surface area contributed by atoms with Gasteiger partial charge >= 0.3 is 0 Å². The molecule has 0 N–H and O–H groups in total. The van der Waals surface area contributed by atoms with Gasteiger partial charge in [0.25, 0.3) is 5.91 Å². The van der Waals surface area contributed by atoms with E-state index in [1.807, 2.05) is 89.8 Å². The van der Waals surface area contributed by atoms with Crippen LogP contribution in [0.3, 0.4) is 0 Å². The first-order chi connectivity index (χ1) is 18.1. The summed E-state index contributed by atoms with van der Waals surface area (Å²) in [5.41, 5.74) is 4.64. The molecule has 1 amide bonds. The number of rotatable bonds is 9. The molecular formula is C30H25N3O2S2. The van der Waals surface area contributed by atoms with Crippen LogP contribution >= 0.6 is 24.0 Å². The number of ether oxygens (including phenoxy) is 1. The number of amides is 1. The van der Waals surface area contributed by atoms with Gasteiger partial charge in [0.1, 0.15) is 16.7 Å². The van der Waals surface area contributed by atoms with Gasteiger partial charge in [-0.25, -0.2) is 4.68 Å². The molecular weight excluding hydrogens is 498 g/mol. The molecule has 0 spiro atoms. The Bertz CT molecular complexity index is 1450. The largest absolute Gasteiger partial charge is 0.490 e. The number of hydrogen-bond acceptors (Lipinski definition) is 5. The van der Waals surface area contributed by atoms with Gasteiger partial charge in [0.2, 0.25) is 0 Å². The zero-order valence-corrected chi connectivity index (χ0v) is 21.8. The third kappa shape index (κ3) is 5.74. The minimum atomic E-state index is -0.0717. The number of nitrogens with zero attached hydrogens (tertiary/aromatic N) is 3. The average Bonchev–Trinajstić information content (AvgIpc) is 3.48. The quantitative estimate of drug-likeness (QED) is 0.141. The number of benzene rings is 3. The number of aromatic nitrogens is 2. The summed E-state index contributed by atoms with van der Waals surface area (Å²) in [5, 5.41) is 4.87. The van der Waals surface area contributed by atoms with Gasteiger partial charge < -0.3 is 4.74 Å². The Morgan fingerprint density at radius 1 is 0.973 bits per heavy atom. The molecule has 1 aromatic heterocycles. The molecule has 5 rings (SSSR count). The highest BCUT2D eigenvalue weighted by Crippen LogP contribution is 2.35. The zero-order valence-electron chi connectivity index (χ0n) is 20.1. The van der Waals surface area contributed by atoms with Crippen molar-refractivity contribution in [2.45, 2.75) is 6.42 Å². The second-order valence-electron chi connectivity index (χ2n) is 8.41. The molecule has 1 saturated heterocycles. The second-order valence-corrected chi connectivity index (χ2v) is 10.1. The molecule has 2 heterocycles. The summed E-state index contributed by atoms with van der Waals surface area (Å²) in [6.45, 7) is 4.68. The first kappa shape index (κ1) is 24.7. The van der Waals surface area contributed by atoms with E-state index in [0.29, 0.717) is 22.4 Å². The molecule has 0 unspecified atom stereocenters. The summed E-state index contributed by atoms with van der Waals surface area (Å²) >= 11 is 6.90. The van der Waals surface area contributed by atoms with E-state index in [2.05, 4.69) is 18.7 Å². The van der Waals surface area contributed by atoms with Crippen LogP contribution < -0.4 is 4.74 Å². The number of hydrogen-bond donors (Lipinski definition) is 0. The normalized spacial score (nSPS) is 14.4. The van der Waals surface area contributed by atoms with E-state index in [1.165, 1.54) is 17.3 Å². The van der Waals surface area contributed by atoms with E-state index in [0.717, 1.165) is 34.7 Å². The summed E-state index contributed by atoms with van der Waals surface area (Å²) in [7, 11) is 0. The number of carbonyl (C=O) groups excluding carboxylic acids is 1. The molecule has 1 aliphatic heterocycles. The molecule has 0 saturated carbocycles. The zero-order chi connectivity index (χ0) is 25.6. The molecule has 0 bridgehead atoms. The molecule has 1 aliphatic rings. The maximum absolute atomic E-state index is 13.3. The molecule has 0 atom stereocenters. The van der Waals surface area contributed by atoms with Crippen molar-refractivity contribution in [3.05, 3.63) is 120 Å².